The molecule has 0 saturated carbocycles. The molecule has 0 atom stereocenters. The first-order chi connectivity index (χ1) is 8.08. The van der Waals surface area contributed by atoms with Crippen molar-refractivity contribution in [2.45, 2.75) is 0 Å². The molecule has 2 N–H and O–H groups in total. The average Bonchev–Trinajstić information content (AvgIpc) is 2.30. The van der Waals surface area contributed by atoms with Gasteiger partial charge in [-0.15, -0.1) is 0 Å². The van der Waals surface area contributed by atoms with Crippen LogP contribution in [0.2, 0.25) is 15.1 Å². The normalized spacial score (nSPS) is 10.3. The number of halogens is 3. The minimum atomic E-state index is 0.389. The molecule has 0 aliphatic heterocycles. The van der Waals surface area contributed by atoms with Crippen LogP contribution in [-0.4, -0.2) is 0 Å². The van der Waals surface area contributed by atoms with E-state index in [1.165, 1.54) is 0 Å². The molecule has 0 fully saturated rings. The second-order valence-electron chi connectivity index (χ2n) is 3.33. The summed E-state index contributed by atoms with van der Waals surface area (Å²) in [7, 11) is 0. The zero-order valence-electron chi connectivity index (χ0n) is 8.58. The molecule has 0 aliphatic carbocycles. The van der Waals surface area contributed by atoms with Crippen LogP contribution in [0.3, 0.4) is 0 Å². The fourth-order valence-electron chi connectivity index (χ4n) is 1.27. The Balaban J connectivity index is 2.31. The van der Waals surface area contributed by atoms with Crippen LogP contribution in [0.1, 0.15) is 0 Å². The van der Waals surface area contributed by atoms with E-state index in [0.717, 1.165) is 0 Å². The Kier molecular flexibility index (Phi) is 3.67. The molecule has 0 aromatic heterocycles. The summed E-state index contributed by atoms with van der Waals surface area (Å²) < 4.78 is 5.57. The molecule has 0 bridgehead atoms. The van der Waals surface area contributed by atoms with E-state index in [4.69, 9.17) is 45.3 Å². The molecule has 0 amide bonds. The van der Waals surface area contributed by atoms with Gasteiger partial charge in [0.2, 0.25) is 0 Å². The Morgan fingerprint density at radius 2 is 1.65 bits per heavy atom. The van der Waals surface area contributed by atoms with Crippen LogP contribution in [0.25, 0.3) is 0 Å². The summed E-state index contributed by atoms with van der Waals surface area (Å²) in [5, 5.41) is 1.34. The Labute approximate surface area is 114 Å². The molecule has 0 unspecified atom stereocenters. The van der Waals surface area contributed by atoms with Gasteiger partial charge in [-0.25, -0.2) is 0 Å². The van der Waals surface area contributed by atoms with Gasteiger partial charge in [-0.2, -0.15) is 0 Å². The van der Waals surface area contributed by atoms with Gasteiger partial charge in [-0.3, -0.25) is 0 Å². The minimum Gasteiger partial charge on any atom is -0.455 e. The van der Waals surface area contributed by atoms with Crippen LogP contribution in [-0.2, 0) is 0 Å². The van der Waals surface area contributed by atoms with E-state index in [0.29, 0.717) is 32.3 Å². The molecule has 2 aromatic carbocycles. The highest BCUT2D eigenvalue weighted by Gasteiger charge is 2.06. The predicted octanol–water partition coefficient (Wildman–Crippen LogP) is 5.02. The molecule has 0 saturated heterocycles. The molecule has 0 heterocycles. The number of hydrogen-bond acceptors (Lipinski definition) is 2. The highest BCUT2D eigenvalue weighted by Crippen LogP contribution is 2.34. The van der Waals surface area contributed by atoms with Crippen LogP contribution in [0.4, 0.5) is 5.69 Å². The highest BCUT2D eigenvalue weighted by molar-refractivity contribution is 6.42. The monoisotopic (exact) mass is 287 g/mol. The lowest BCUT2D eigenvalue weighted by Gasteiger charge is -2.09. The highest BCUT2D eigenvalue weighted by atomic mass is 35.5. The van der Waals surface area contributed by atoms with Crippen molar-refractivity contribution >= 4 is 40.5 Å². The van der Waals surface area contributed by atoms with Gasteiger partial charge in [-0.1, -0.05) is 40.9 Å². The molecule has 2 nitrogen and oxygen atoms in total. The van der Waals surface area contributed by atoms with Gasteiger partial charge in [0, 0.05) is 6.07 Å². The third-order valence-corrected chi connectivity index (χ3v) is 3.20. The van der Waals surface area contributed by atoms with Crippen LogP contribution in [0.5, 0.6) is 11.5 Å². The van der Waals surface area contributed by atoms with Gasteiger partial charge < -0.3 is 10.5 Å². The summed E-state index contributed by atoms with van der Waals surface area (Å²) in [4.78, 5) is 0. The van der Waals surface area contributed by atoms with Crippen molar-refractivity contribution < 1.29 is 4.74 Å². The second kappa shape index (κ2) is 5.05. The SMILES string of the molecule is Nc1c(Cl)cccc1Oc1ccc(Cl)c(Cl)c1. The van der Waals surface area contributed by atoms with Crippen LogP contribution < -0.4 is 10.5 Å². The van der Waals surface area contributed by atoms with Crippen LogP contribution in [0, 0.1) is 0 Å². The number of anilines is 1. The van der Waals surface area contributed by atoms with Crippen molar-refractivity contribution in [3.63, 3.8) is 0 Å². The van der Waals surface area contributed by atoms with E-state index in [1.54, 1.807) is 36.4 Å². The first kappa shape index (κ1) is 12.4. The first-order valence-corrected chi connectivity index (χ1v) is 5.88. The zero-order chi connectivity index (χ0) is 12.4. The molecular formula is C12H8Cl3NO. The molecule has 0 spiro atoms. The Hall–Kier alpha value is -1.09. The van der Waals surface area contributed by atoms with E-state index in [2.05, 4.69) is 0 Å². The smallest absolute Gasteiger partial charge is 0.151 e. The molecule has 0 radical (unpaired) electrons. The topological polar surface area (TPSA) is 35.2 Å². The van der Waals surface area contributed by atoms with Crippen molar-refractivity contribution in [2.24, 2.45) is 0 Å². The number of para-hydroxylation sites is 1. The Morgan fingerprint density at radius 1 is 0.882 bits per heavy atom. The maximum atomic E-state index is 5.88. The van der Waals surface area contributed by atoms with E-state index >= 15 is 0 Å². The summed E-state index contributed by atoms with van der Waals surface area (Å²) in [6, 6.07) is 10.1. The maximum absolute atomic E-state index is 5.88. The molecule has 2 rings (SSSR count). The second-order valence-corrected chi connectivity index (χ2v) is 4.55. The molecule has 2 aromatic rings. The Bertz CT molecular complexity index is 557. The van der Waals surface area contributed by atoms with E-state index < -0.39 is 0 Å². The van der Waals surface area contributed by atoms with Gasteiger partial charge in [0.1, 0.15) is 5.75 Å². The van der Waals surface area contributed by atoms with Gasteiger partial charge in [0.25, 0.3) is 0 Å². The lowest BCUT2D eigenvalue weighted by atomic mass is 10.3. The average molecular weight is 289 g/mol. The van der Waals surface area contributed by atoms with E-state index in [-0.39, 0.29) is 0 Å². The fourth-order valence-corrected chi connectivity index (χ4v) is 1.73. The Morgan fingerprint density at radius 3 is 2.35 bits per heavy atom. The number of nitrogen functional groups attached to an aromatic ring is 1. The molecular weight excluding hydrogens is 280 g/mol. The third-order valence-electron chi connectivity index (χ3n) is 2.13. The third kappa shape index (κ3) is 2.78. The maximum Gasteiger partial charge on any atom is 0.151 e. The van der Waals surface area contributed by atoms with Gasteiger partial charge in [0.15, 0.2) is 5.75 Å². The molecule has 0 aliphatic rings. The van der Waals surface area contributed by atoms with Gasteiger partial charge in [-0.05, 0) is 24.3 Å². The van der Waals surface area contributed by atoms with Crippen molar-refractivity contribution in [2.75, 3.05) is 5.73 Å². The molecule has 88 valence electrons. The molecule has 17 heavy (non-hydrogen) atoms. The zero-order valence-corrected chi connectivity index (χ0v) is 10.9. The van der Waals surface area contributed by atoms with Crippen molar-refractivity contribution in [1.29, 1.82) is 0 Å². The van der Waals surface area contributed by atoms with E-state index in [1.807, 2.05) is 0 Å². The van der Waals surface area contributed by atoms with Crippen molar-refractivity contribution in [3.05, 3.63) is 51.5 Å². The summed E-state index contributed by atoms with van der Waals surface area (Å²) in [5.74, 6) is 1.03. The standard InChI is InChI=1S/C12H8Cl3NO/c13-8-5-4-7(6-10(8)15)17-11-3-1-2-9(14)12(11)16/h1-6H,16H2. The summed E-state index contributed by atoms with van der Waals surface area (Å²) in [6.07, 6.45) is 0. The largest absolute Gasteiger partial charge is 0.455 e. The van der Waals surface area contributed by atoms with E-state index in [9.17, 15) is 0 Å². The number of benzene rings is 2. The van der Waals surface area contributed by atoms with Crippen molar-refractivity contribution in [1.82, 2.24) is 0 Å². The van der Waals surface area contributed by atoms with Gasteiger partial charge >= 0.3 is 0 Å². The number of rotatable bonds is 2. The van der Waals surface area contributed by atoms with Crippen LogP contribution >= 0.6 is 34.8 Å². The first-order valence-electron chi connectivity index (χ1n) is 4.75. The fraction of sp³-hybridized carbons (Fsp3) is 0. The van der Waals surface area contributed by atoms with Crippen LogP contribution in [0.15, 0.2) is 36.4 Å². The number of hydrogen-bond donors (Lipinski definition) is 1. The molecule has 5 heteroatoms. The lowest BCUT2D eigenvalue weighted by molar-refractivity contribution is 0.485. The minimum absolute atomic E-state index is 0.389. The lowest BCUT2D eigenvalue weighted by Crippen LogP contribution is -1.92. The van der Waals surface area contributed by atoms with Crippen molar-refractivity contribution in [3.8, 4) is 11.5 Å². The van der Waals surface area contributed by atoms with Gasteiger partial charge in [0.05, 0.1) is 20.8 Å². The summed E-state index contributed by atoms with van der Waals surface area (Å²) >= 11 is 17.6. The quantitative estimate of drug-likeness (QED) is 0.787. The summed E-state index contributed by atoms with van der Waals surface area (Å²) in [5.41, 5.74) is 6.17. The summed E-state index contributed by atoms with van der Waals surface area (Å²) in [6.45, 7) is 0. The predicted molar refractivity (Wildman–Crippen MR) is 72.4 cm³/mol. The number of ether oxygens (including phenoxy) is 1. The number of nitrogens with two attached hydrogens (primary N) is 1.